The van der Waals surface area contributed by atoms with E-state index in [9.17, 15) is 14.4 Å². The van der Waals surface area contributed by atoms with E-state index in [1.807, 2.05) is 65.2 Å². The lowest BCUT2D eigenvalue weighted by atomic mass is 10.2. The second kappa shape index (κ2) is 9.70. The van der Waals surface area contributed by atoms with Crippen LogP contribution < -0.4 is 11.2 Å². The van der Waals surface area contributed by atoms with Gasteiger partial charge in [-0.2, -0.15) is 0 Å². The SMILES string of the molecule is Cn1c(COC(=O)CSc2nnc(-c3ccccc3)n2-c2ccccc2)cc(=O)n(C)c1=O. The molecule has 0 atom stereocenters. The number of hydrogen-bond acceptors (Lipinski definition) is 7. The molecule has 2 aromatic carbocycles. The molecule has 0 fully saturated rings. The molecule has 0 aliphatic carbocycles. The van der Waals surface area contributed by atoms with Crippen molar-refractivity contribution >= 4 is 17.7 Å². The maximum Gasteiger partial charge on any atom is 0.330 e. The molecule has 0 aliphatic rings. The van der Waals surface area contributed by atoms with Gasteiger partial charge in [-0.25, -0.2) is 4.79 Å². The lowest BCUT2D eigenvalue weighted by Gasteiger charge is -2.11. The predicted molar refractivity (Wildman–Crippen MR) is 124 cm³/mol. The normalized spacial score (nSPS) is 10.8. The van der Waals surface area contributed by atoms with Crippen molar-refractivity contribution in [3.05, 3.63) is 93.3 Å². The fourth-order valence-electron chi connectivity index (χ4n) is 3.18. The van der Waals surface area contributed by atoms with E-state index in [0.717, 1.165) is 15.8 Å². The zero-order valence-electron chi connectivity index (χ0n) is 18.0. The number of para-hydroxylation sites is 1. The van der Waals surface area contributed by atoms with Crippen molar-refractivity contribution in [3.8, 4) is 17.1 Å². The summed E-state index contributed by atoms with van der Waals surface area (Å²) in [5.41, 5.74) is 1.15. The van der Waals surface area contributed by atoms with E-state index in [1.54, 1.807) is 0 Å². The summed E-state index contributed by atoms with van der Waals surface area (Å²) in [6.45, 7) is -0.179. The number of carbonyl (C=O) groups is 1. The fraction of sp³-hybridized carbons (Fsp3) is 0.174. The van der Waals surface area contributed by atoms with Crippen molar-refractivity contribution in [1.29, 1.82) is 0 Å². The molecule has 9 nitrogen and oxygen atoms in total. The average Bonchev–Trinajstić information content (AvgIpc) is 3.28. The first kappa shape index (κ1) is 22.3. The maximum absolute atomic E-state index is 12.4. The summed E-state index contributed by atoms with van der Waals surface area (Å²) < 4.78 is 9.45. The Labute approximate surface area is 193 Å². The van der Waals surface area contributed by atoms with Crippen molar-refractivity contribution in [2.75, 3.05) is 5.75 Å². The maximum atomic E-state index is 12.4. The molecule has 4 rings (SSSR count). The first-order chi connectivity index (χ1) is 16.0. The minimum absolute atomic E-state index is 0.0153. The van der Waals surface area contributed by atoms with Crippen LogP contribution in [0.3, 0.4) is 0 Å². The molecule has 0 N–H and O–H groups in total. The first-order valence-electron chi connectivity index (χ1n) is 10.1. The van der Waals surface area contributed by atoms with Crippen molar-refractivity contribution in [1.82, 2.24) is 23.9 Å². The van der Waals surface area contributed by atoms with Crippen LogP contribution in [-0.2, 0) is 30.2 Å². The number of benzene rings is 2. The molecule has 168 valence electrons. The van der Waals surface area contributed by atoms with Gasteiger partial charge in [0.25, 0.3) is 5.56 Å². The molecule has 2 aromatic heterocycles. The van der Waals surface area contributed by atoms with E-state index in [-0.39, 0.29) is 12.4 Å². The molecule has 10 heteroatoms. The first-order valence-corrected chi connectivity index (χ1v) is 11.0. The summed E-state index contributed by atoms with van der Waals surface area (Å²) in [4.78, 5) is 36.3. The van der Waals surface area contributed by atoms with Crippen LogP contribution in [0.2, 0.25) is 0 Å². The van der Waals surface area contributed by atoms with Gasteiger partial charge in [0.15, 0.2) is 11.0 Å². The third kappa shape index (κ3) is 4.80. The number of nitrogens with zero attached hydrogens (tertiary/aromatic N) is 5. The molecule has 2 heterocycles. The number of thioether (sulfide) groups is 1. The van der Waals surface area contributed by atoms with Crippen LogP contribution in [0.4, 0.5) is 0 Å². The Morgan fingerprint density at radius 1 is 0.939 bits per heavy atom. The van der Waals surface area contributed by atoms with E-state index in [1.165, 1.54) is 36.5 Å². The summed E-state index contributed by atoms with van der Waals surface area (Å²) in [5, 5.41) is 9.16. The minimum atomic E-state index is -0.503. The highest BCUT2D eigenvalue weighted by Gasteiger charge is 2.18. The number of hydrogen-bond donors (Lipinski definition) is 0. The summed E-state index contributed by atoms with van der Waals surface area (Å²) in [7, 11) is 2.91. The molecule has 0 bridgehead atoms. The Morgan fingerprint density at radius 2 is 1.61 bits per heavy atom. The summed E-state index contributed by atoms with van der Waals surface area (Å²) >= 11 is 1.19. The van der Waals surface area contributed by atoms with Crippen LogP contribution in [0.5, 0.6) is 0 Å². The van der Waals surface area contributed by atoms with Crippen molar-refractivity contribution in [2.45, 2.75) is 11.8 Å². The van der Waals surface area contributed by atoms with Crippen molar-refractivity contribution < 1.29 is 9.53 Å². The lowest BCUT2D eigenvalue weighted by molar-refractivity contribution is -0.141. The molecular weight excluding hydrogens is 442 g/mol. The third-order valence-electron chi connectivity index (χ3n) is 5.01. The van der Waals surface area contributed by atoms with Gasteiger partial charge in [-0.15, -0.1) is 10.2 Å². The van der Waals surface area contributed by atoms with Crippen LogP contribution in [0.15, 0.2) is 81.5 Å². The Bertz CT molecular complexity index is 1390. The molecule has 0 spiro atoms. The molecule has 0 amide bonds. The standard InChI is InChI=1S/C23H21N5O4S/c1-26-18(13-19(29)27(2)23(26)31)14-32-20(30)15-33-22-25-24-21(16-9-5-3-6-10-16)28(22)17-11-7-4-8-12-17/h3-13H,14-15H2,1-2H3. The van der Waals surface area contributed by atoms with Gasteiger partial charge in [0.2, 0.25) is 0 Å². The second-order valence-corrected chi connectivity index (χ2v) is 8.11. The highest BCUT2D eigenvalue weighted by Crippen LogP contribution is 2.27. The monoisotopic (exact) mass is 463 g/mol. The predicted octanol–water partition coefficient (Wildman–Crippen LogP) is 2.17. The smallest absolute Gasteiger partial charge is 0.330 e. The van der Waals surface area contributed by atoms with Gasteiger partial charge >= 0.3 is 11.7 Å². The fourth-order valence-corrected chi connectivity index (χ4v) is 3.93. The highest BCUT2D eigenvalue weighted by atomic mass is 32.2. The van der Waals surface area contributed by atoms with Gasteiger partial charge in [0.1, 0.15) is 6.61 Å². The van der Waals surface area contributed by atoms with Gasteiger partial charge in [-0.3, -0.25) is 23.3 Å². The molecular formula is C23H21N5O4S. The Hall–Kier alpha value is -3.92. The summed E-state index contributed by atoms with van der Waals surface area (Å²) in [6, 6.07) is 20.6. The quantitative estimate of drug-likeness (QED) is 0.306. The lowest BCUT2D eigenvalue weighted by Crippen LogP contribution is -2.38. The Balaban J connectivity index is 1.51. The molecule has 0 aliphatic heterocycles. The van der Waals surface area contributed by atoms with E-state index >= 15 is 0 Å². The van der Waals surface area contributed by atoms with Crippen molar-refractivity contribution in [3.63, 3.8) is 0 Å². The van der Waals surface area contributed by atoms with Crippen LogP contribution in [0.25, 0.3) is 17.1 Å². The summed E-state index contributed by atoms with van der Waals surface area (Å²) in [6.07, 6.45) is 0. The average molecular weight is 464 g/mol. The van der Waals surface area contributed by atoms with E-state index in [0.29, 0.717) is 16.7 Å². The van der Waals surface area contributed by atoms with E-state index in [4.69, 9.17) is 4.74 Å². The summed E-state index contributed by atoms with van der Waals surface area (Å²) in [5.74, 6) is 0.142. The zero-order valence-corrected chi connectivity index (χ0v) is 18.9. The molecule has 0 radical (unpaired) electrons. The van der Waals surface area contributed by atoms with Gasteiger partial charge < -0.3 is 4.74 Å². The van der Waals surface area contributed by atoms with Gasteiger partial charge in [-0.05, 0) is 12.1 Å². The van der Waals surface area contributed by atoms with Gasteiger partial charge in [0, 0.05) is 31.4 Å². The minimum Gasteiger partial charge on any atom is -0.459 e. The van der Waals surface area contributed by atoms with Crippen LogP contribution in [-0.4, -0.2) is 35.6 Å². The Morgan fingerprint density at radius 3 is 2.30 bits per heavy atom. The highest BCUT2D eigenvalue weighted by molar-refractivity contribution is 7.99. The molecule has 4 aromatic rings. The molecule has 0 saturated heterocycles. The van der Waals surface area contributed by atoms with Gasteiger partial charge in [0.05, 0.1) is 11.4 Å². The largest absolute Gasteiger partial charge is 0.459 e. The number of carbonyl (C=O) groups excluding carboxylic acids is 1. The molecule has 0 unspecified atom stereocenters. The van der Waals surface area contributed by atoms with Gasteiger partial charge in [-0.1, -0.05) is 60.3 Å². The Kier molecular flexibility index (Phi) is 6.55. The molecule has 33 heavy (non-hydrogen) atoms. The third-order valence-corrected chi connectivity index (χ3v) is 5.91. The number of esters is 1. The van der Waals surface area contributed by atoms with E-state index < -0.39 is 17.2 Å². The molecule has 0 saturated carbocycles. The number of ether oxygens (including phenoxy) is 1. The van der Waals surface area contributed by atoms with Crippen LogP contribution in [0, 0.1) is 0 Å². The number of rotatable bonds is 7. The van der Waals surface area contributed by atoms with Crippen molar-refractivity contribution in [2.24, 2.45) is 14.1 Å². The topological polar surface area (TPSA) is 101 Å². The van der Waals surface area contributed by atoms with E-state index in [2.05, 4.69) is 10.2 Å². The van der Waals surface area contributed by atoms with Crippen LogP contribution in [0.1, 0.15) is 5.69 Å². The number of aromatic nitrogens is 5. The van der Waals surface area contributed by atoms with Crippen LogP contribution >= 0.6 is 11.8 Å². The zero-order chi connectivity index (χ0) is 23.4. The second-order valence-electron chi connectivity index (χ2n) is 7.17.